The summed E-state index contributed by atoms with van der Waals surface area (Å²) in [5, 5.41) is 10.4. The summed E-state index contributed by atoms with van der Waals surface area (Å²) in [5.41, 5.74) is 1.54. The molecule has 1 N–H and O–H groups in total. The highest BCUT2D eigenvalue weighted by Gasteiger charge is 2.16. The lowest BCUT2D eigenvalue weighted by Crippen LogP contribution is -2.07. The second-order valence-corrected chi connectivity index (χ2v) is 5.72. The van der Waals surface area contributed by atoms with E-state index in [0.717, 1.165) is 15.4 Å². The van der Waals surface area contributed by atoms with Gasteiger partial charge in [0.05, 0.1) is 10.9 Å². The predicted octanol–water partition coefficient (Wildman–Crippen LogP) is 3.96. The Labute approximate surface area is 114 Å². The minimum absolute atomic E-state index is 0.537. The van der Waals surface area contributed by atoms with E-state index in [1.165, 1.54) is 0 Å². The maximum absolute atomic E-state index is 10.9. The summed E-state index contributed by atoms with van der Waals surface area (Å²) >= 11 is 7.76. The van der Waals surface area contributed by atoms with Gasteiger partial charge >= 0.3 is 5.97 Å². The predicted molar refractivity (Wildman–Crippen MR) is 73.3 cm³/mol. The highest BCUT2D eigenvalue weighted by atomic mass is 35.5. The summed E-state index contributed by atoms with van der Waals surface area (Å²) in [6, 6.07) is 5.32. The maximum atomic E-state index is 10.9. The zero-order valence-electron chi connectivity index (χ0n) is 9.98. The first-order valence-corrected chi connectivity index (χ1v) is 6.63. The van der Waals surface area contributed by atoms with Crippen molar-refractivity contribution in [2.45, 2.75) is 19.8 Å². The smallest absolute Gasteiger partial charge is 0.310 e. The number of aromatic nitrogens is 1. The molecule has 94 valence electrons. The van der Waals surface area contributed by atoms with Crippen LogP contribution in [0.3, 0.4) is 0 Å². The van der Waals surface area contributed by atoms with Crippen LogP contribution >= 0.6 is 22.9 Å². The van der Waals surface area contributed by atoms with Crippen molar-refractivity contribution in [1.29, 1.82) is 0 Å². The lowest BCUT2D eigenvalue weighted by molar-refractivity contribution is -0.138. The van der Waals surface area contributed by atoms with Crippen LogP contribution in [0.25, 0.3) is 10.6 Å². The Morgan fingerprint density at radius 1 is 1.50 bits per heavy atom. The molecule has 2 rings (SSSR count). The van der Waals surface area contributed by atoms with E-state index in [9.17, 15) is 4.79 Å². The SMILES string of the molecule is Cc1cnc(-c2ccc(C(C)C(=O)O)cc2Cl)s1. The van der Waals surface area contributed by atoms with Gasteiger partial charge < -0.3 is 5.11 Å². The van der Waals surface area contributed by atoms with Crippen molar-refractivity contribution in [3.05, 3.63) is 39.9 Å². The number of carbonyl (C=O) groups is 1. The number of aryl methyl sites for hydroxylation is 1. The molecule has 3 nitrogen and oxygen atoms in total. The monoisotopic (exact) mass is 281 g/mol. The molecule has 0 aliphatic heterocycles. The number of hydrogen-bond acceptors (Lipinski definition) is 3. The Balaban J connectivity index is 2.39. The van der Waals surface area contributed by atoms with E-state index in [4.69, 9.17) is 16.7 Å². The lowest BCUT2D eigenvalue weighted by Gasteiger charge is -2.08. The number of halogens is 1. The Morgan fingerprint density at radius 2 is 2.22 bits per heavy atom. The molecule has 0 fully saturated rings. The van der Waals surface area contributed by atoms with E-state index in [-0.39, 0.29) is 0 Å². The van der Waals surface area contributed by atoms with E-state index < -0.39 is 11.9 Å². The second-order valence-electron chi connectivity index (χ2n) is 4.08. The van der Waals surface area contributed by atoms with Gasteiger partial charge in [0.1, 0.15) is 5.01 Å². The molecule has 0 saturated carbocycles. The molecule has 1 heterocycles. The highest BCUT2D eigenvalue weighted by Crippen LogP contribution is 2.33. The average Bonchev–Trinajstić information content (AvgIpc) is 2.74. The maximum Gasteiger partial charge on any atom is 0.310 e. The van der Waals surface area contributed by atoms with Crippen LogP contribution in [0.15, 0.2) is 24.4 Å². The molecule has 5 heteroatoms. The Hall–Kier alpha value is -1.39. The van der Waals surface area contributed by atoms with Crippen LogP contribution in [0.1, 0.15) is 23.3 Å². The van der Waals surface area contributed by atoms with E-state index in [2.05, 4.69) is 4.98 Å². The average molecular weight is 282 g/mol. The fourth-order valence-electron chi connectivity index (χ4n) is 1.60. The van der Waals surface area contributed by atoms with Crippen molar-refractivity contribution < 1.29 is 9.90 Å². The summed E-state index contributed by atoms with van der Waals surface area (Å²) < 4.78 is 0. The van der Waals surface area contributed by atoms with Gasteiger partial charge in [-0.1, -0.05) is 23.7 Å². The molecular formula is C13H12ClNO2S. The van der Waals surface area contributed by atoms with Gasteiger partial charge in [-0.15, -0.1) is 11.3 Å². The molecule has 1 aromatic heterocycles. The minimum Gasteiger partial charge on any atom is -0.481 e. The van der Waals surface area contributed by atoms with Gasteiger partial charge in [0.2, 0.25) is 0 Å². The third kappa shape index (κ3) is 2.54. The van der Waals surface area contributed by atoms with Gasteiger partial charge in [-0.3, -0.25) is 4.79 Å². The lowest BCUT2D eigenvalue weighted by atomic mass is 10.0. The molecule has 0 spiro atoms. The van der Waals surface area contributed by atoms with Gasteiger partial charge in [0.15, 0.2) is 0 Å². The first kappa shape index (κ1) is 13.1. The fourth-order valence-corrected chi connectivity index (χ4v) is 2.73. The van der Waals surface area contributed by atoms with Crippen molar-refractivity contribution >= 4 is 28.9 Å². The van der Waals surface area contributed by atoms with Crippen molar-refractivity contribution in [2.75, 3.05) is 0 Å². The Morgan fingerprint density at radius 3 is 2.72 bits per heavy atom. The molecule has 18 heavy (non-hydrogen) atoms. The van der Waals surface area contributed by atoms with E-state index in [1.54, 1.807) is 36.6 Å². The molecule has 1 atom stereocenters. The van der Waals surface area contributed by atoms with Crippen LogP contribution in [-0.4, -0.2) is 16.1 Å². The number of benzene rings is 1. The van der Waals surface area contributed by atoms with Gasteiger partial charge in [-0.05, 0) is 25.5 Å². The molecule has 1 aromatic carbocycles. The normalized spacial score (nSPS) is 12.4. The van der Waals surface area contributed by atoms with E-state index >= 15 is 0 Å². The summed E-state index contributed by atoms with van der Waals surface area (Å²) in [6.45, 7) is 3.62. The number of nitrogens with zero attached hydrogens (tertiary/aromatic N) is 1. The number of thiazole rings is 1. The fraction of sp³-hybridized carbons (Fsp3) is 0.231. The molecule has 1 unspecified atom stereocenters. The molecule has 2 aromatic rings. The van der Waals surface area contributed by atoms with Crippen molar-refractivity contribution in [2.24, 2.45) is 0 Å². The molecule has 0 aliphatic carbocycles. The van der Waals surface area contributed by atoms with Gasteiger partial charge in [0, 0.05) is 16.6 Å². The Bertz CT molecular complexity index is 594. The second kappa shape index (κ2) is 5.08. The summed E-state index contributed by atoms with van der Waals surface area (Å²) in [6.07, 6.45) is 1.80. The molecule has 0 aliphatic rings. The molecule has 0 radical (unpaired) electrons. The molecular weight excluding hydrogens is 270 g/mol. The number of carboxylic acids is 1. The third-order valence-electron chi connectivity index (χ3n) is 2.72. The zero-order valence-corrected chi connectivity index (χ0v) is 11.5. The number of rotatable bonds is 3. The van der Waals surface area contributed by atoms with Crippen molar-refractivity contribution in [1.82, 2.24) is 4.98 Å². The molecule has 0 saturated heterocycles. The van der Waals surface area contributed by atoms with Crippen LogP contribution in [0.5, 0.6) is 0 Å². The van der Waals surface area contributed by atoms with Crippen molar-refractivity contribution in [3.8, 4) is 10.6 Å². The third-order valence-corrected chi connectivity index (χ3v) is 3.97. The van der Waals surface area contributed by atoms with Gasteiger partial charge in [-0.2, -0.15) is 0 Å². The van der Waals surface area contributed by atoms with Crippen molar-refractivity contribution in [3.63, 3.8) is 0 Å². The summed E-state index contributed by atoms with van der Waals surface area (Å²) in [7, 11) is 0. The zero-order chi connectivity index (χ0) is 13.3. The number of carboxylic acid groups (broad SMARTS) is 1. The van der Waals surface area contributed by atoms with E-state index in [0.29, 0.717) is 10.6 Å². The summed E-state index contributed by atoms with van der Waals surface area (Å²) in [4.78, 5) is 16.3. The quantitative estimate of drug-likeness (QED) is 0.926. The highest BCUT2D eigenvalue weighted by molar-refractivity contribution is 7.15. The standard InChI is InChI=1S/C13H12ClNO2S/c1-7-6-15-12(18-7)10-4-3-9(5-11(10)14)8(2)13(16)17/h3-6,8H,1-2H3,(H,16,17). The molecule has 0 amide bonds. The first-order chi connectivity index (χ1) is 8.49. The van der Waals surface area contributed by atoms with Crippen LogP contribution < -0.4 is 0 Å². The van der Waals surface area contributed by atoms with Crippen LogP contribution in [0, 0.1) is 6.92 Å². The van der Waals surface area contributed by atoms with Gasteiger partial charge in [-0.25, -0.2) is 4.98 Å². The topological polar surface area (TPSA) is 50.2 Å². The van der Waals surface area contributed by atoms with Crippen LogP contribution in [0.4, 0.5) is 0 Å². The number of aliphatic carboxylic acids is 1. The van der Waals surface area contributed by atoms with Crippen LogP contribution in [0.2, 0.25) is 5.02 Å². The summed E-state index contributed by atoms with van der Waals surface area (Å²) in [5.74, 6) is -1.42. The minimum atomic E-state index is -0.857. The van der Waals surface area contributed by atoms with E-state index in [1.807, 2.05) is 13.0 Å². The first-order valence-electron chi connectivity index (χ1n) is 5.44. The Kier molecular flexibility index (Phi) is 3.68. The van der Waals surface area contributed by atoms with Gasteiger partial charge in [0.25, 0.3) is 0 Å². The number of hydrogen-bond donors (Lipinski definition) is 1. The van der Waals surface area contributed by atoms with Crippen LogP contribution in [-0.2, 0) is 4.79 Å². The molecule has 0 bridgehead atoms. The largest absolute Gasteiger partial charge is 0.481 e.